The van der Waals surface area contributed by atoms with Gasteiger partial charge in [-0.25, -0.2) is 9.18 Å². The van der Waals surface area contributed by atoms with E-state index >= 15 is 0 Å². The predicted molar refractivity (Wildman–Crippen MR) is 132 cm³/mol. The minimum absolute atomic E-state index is 0.225. The van der Waals surface area contributed by atoms with E-state index in [4.69, 9.17) is 10.5 Å². The van der Waals surface area contributed by atoms with Crippen molar-refractivity contribution < 1.29 is 23.5 Å². The van der Waals surface area contributed by atoms with E-state index in [1.807, 2.05) is 0 Å². The molecule has 6 nitrogen and oxygen atoms in total. The van der Waals surface area contributed by atoms with Crippen molar-refractivity contribution in [3.63, 3.8) is 0 Å². The topological polar surface area (TPSA) is 98.5 Å². The molecule has 0 spiro atoms. The summed E-state index contributed by atoms with van der Waals surface area (Å²) >= 11 is 3.31. The third-order valence-electron chi connectivity index (χ3n) is 5.03. The zero-order valence-electron chi connectivity index (χ0n) is 18.7. The molecule has 34 heavy (non-hydrogen) atoms. The molecule has 0 bridgehead atoms. The Kier molecular flexibility index (Phi) is 7.83. The van der Waals surface area contributed by atoms with Crippen LogP contribution < -0.4 is 11.1 Å². The van der Waals surface area contributed by atoms with Crippen LogP contribution in [0, 0.1) is 5.82 Å². The van der Waals surface area contributed by atoms with E-state index in [0.717, 1.165) is 4.47 Å². The number of anilines is 1. The van der Waals surface area contributed by atoms with Gasteiger partial charge in [0.1, 0.15) is 11.4 Å². The molecule has 0 aliphatic carbocycles. The molecule has 0 radical (unpaired) electrons. The van der Waals surface area contributed by atoms with Gasteiger partial charge in [-0.3, -0.25) is 9.59 Å². The average molecular weight is 527 g/mol. The molecule has 0 saturated heterocycles. The number of hydrogen-bond donors (Lipinski definition) is 2. The van der Waals surface area contributed by atoms with Gasteiger partial charge in [0.25, 0.3) is 0 Å². The third kappa shape index (κ3) is 6.74. The monoisotopic (exact) mass is 526 g/mol. The molecular weight excluding hydrogens is 503 g/mol. The number of Topliss-reactive ketones (excluding diaryl/α,β-unsaturated/α-hetero) is 1. The number of halogens is 2. The van der Waals surface area contributed by atoms with E-state index in [-0.39, 0.29) is 18.6 Å². The van der Waals surface area contributed by atoms with Gasteiger partial charge in [-0.15, -0.1) is 0 Å². The van der Waals surface area contributed by atoms with Crippen LogP contribution in [-0.4, -0.2) is 23.4 Å². The molecule has 3 aromatic carbocycles. The second-order valence-corrected chi connectivity index (χ2v) is 9.28. The summed E-state index contributed by atoms with van der Waals surface area (Å²) in [4.78, 5) is 36.6. The van der Waals surface area contributed by atoms with Crippen LogP contribution in [0.2, 0.25) is 0 Å². The summed E-state index contributed by atoms with van der Waals surface area (Å²) in [6, 6.07) is 18.1. The number of carbonyl (C=O) groups is 3. The first kappa shape index (κ1) is 25.1. The van der Waals surface area contributed by atoms with Crippen LogP contribution in [0.25, 0.3) is 11.1 Å². The minimum Gasteiger partial charge on any atom is -0.443 e. The van der Waals surface area contributed by atoms with Crippen molar-refractivity contribution in [1.82, 2.24) is 0 Å². The average Bonchev–Trinajstić information content (AvgIpc) is 2.74. The van der Waals surface area contributed by atoms with Crippen molar-refractivity contribution in [2.24, 2.45) is 5.73 Å². The Labute approximate surface area is 205 Å². The quantitative estimate of drug-likeness (QED) is 0.282. The second kappa shape index (κ2) is 10.6. The van der Waals surface area contributed by atoms with E-state index in [9.17, 15) is 18.8 Å². The largest absolute Gasteiger partial charge is 0.443 e. The minimum atomic E-state index is -0.961. The molecule has 0 atom stereocenters. The van der Waals surface area contributed by atoms with Crippen molar-refractivity contribution in [2.75, 3.05) is 5.32 Å². The fourth-order valence-corrected chi connectivity index (χ4v) is 3.98. The molecule has 0 fully saturated rings. The smallest absolute Gasteiger partial charge is 0.405 e. The lowest BCUT2D eigenvalue weighted by Crippen LogP contribution is -2.33. The zero-order valence-corrected chi connectivity index (χ0v) is 20.3. The lowest BCUT2D eigenvalue weighted by Gasteiger charge is -2.25. The molecule has 0 heterocycles. The number of carbonyl (C=O) groups excluding carboxylic acids is 3. The Morgan fingerprint density at radius 2 is 1.76 bits per heavy atom. The van der Waals surface area contributed by atoms with Gasteiger partial charge in [0.15, 0.2) is 5.78 Å². The van der Waals surface area contributed by atoms with E-state index in [0.29, 0.717) is 27.9 Å². The lowest BCUT2D eigenvalue weighted by molar-refractivity contribution is -0.115. The van der Waals surface area contributed by atoms with Crippen LogP contribution in [0.15, 0.2) is 71.2 Å². The Balaban J connectivity index is 1.90. The van der Waals surface area contributed by atoms with Gasteiger partial charge in [-0.2, -0.15) is 0 Å². The van der Waals surface area contributed by atoms with Gasteiger partial charge < -0.3 is 15.8 Å². The highest BCUT2D eigenvalue weighted by molar-refractivity contribution is 9.10. The molecule has 8 heteroatoms. The molecule has 3 rings (SSSR count). The van der Waals surface area contributed by atoms with Crippen molar-refractivity contribution >= 4 is 39.4 Å². The Morgan fingerprint density at radius 1 is 1.03 bits per heavy atom. The molecule has 0 saturated carbocycles. The number of ketones is 1. The number of amides is 2. The van der Waals surface area contributed by atoms with Gasteiger partial charge in [0, 0.05) is 27.7 Å². The van der Waals surface area contributed by atoms with Crippen molar-refractivity contribution in [1.29, 1.82) is 0 Å². The maximum atomic E-state index is 14.4. The summed E-state index contributed by atoms with van der Waals surface area (Å²) in [6.07, 6.45) is -1.07. The molecule has 2 amide bonds. The highest BCUT2D eigenvalue weighted by Gasteiger charge is 2.25. The van der Waals surface area contributed by atoms with Crippen molar-refractivity contribution in [3.05, 3.63) is 88.1 Å². The number of rotatable bonds is 8. The zero-order chi connectivity index (χ0) is 24.9. The summed E-state index contributed by atoms with van der Waals surface area (Å²) in [6.45, 7) is 3.37. The van der Waals surface area contributed by atoms with Crippen molar-refractivity contribution in [2.45, 2.75) is 32.3 Å². The Hall–Kier alpha value is -3.52. The molecule has 0 aliphatic rings. The summed E-state index contributed by atoms with van der Waals surface area (Å²) in [7, 11) is 0. The Morgan fingerprint density at radius 3 is 2.44 bits per heavy atom. The summed E-state index contributed by atoms with van der Waals surface area (Å²) in [5.41, 5.74) is 6.54. The van der Waals surface area contributed by atoms with E-state index in [1.165, 1.54) is 6.07 Å². The summed E-state index contributed by atoms with van der Waals surface area (Å²) in [5, 5.41) is 2.77. The number of nitrogens with one attached hydrogen (secondary N) is 1. The maximum Gasteiger partial charge on any atom is 0.405 e. The van der Waals surface area contributed by atoms with Crippen LogP contribution >= 0.6 is 15.9 Å². The molecule has 176 valence electrons. The van der Waals surface area contributed by atoms with Gasteiger partial charge >= 0.3 is 6.09 Å². The van der Waals surface area contributed by atoms with E-state index in [2.05, 4.69) is 21.2 Å². The summed E-state index contributed by atoms with van der Waals surface area (Å²) in [5.74, 6) is -1.27. The van der Waals surface area contributed by atoms with Gasteiger partial charge in [0.2, 0.25) is 5.91 Å². The molecule has 3 N–H and O–H groups in total. The first-order valence-corrected chi connectivity index (χ1v) is 11.3. The van der Waals surface area contributed by atoms with Crippen LogP contribution in [0.1, 0.15) is 36.2 Å². The van der Waals surface area contributed by atoms with Crippen LogP contribution in [0.3, 0.4) is 0 Å². The third-order valence-corrected chi connectivity index (χ3v) is 5.52. The first-order chi connectivity index (χ1) is 16.0. The number of ether oxygens (including phenoxy) is 1. The standard InChI is InChI=1S/C26H24BrFN2O4/c1-26(2,34-25(29)33)15-18-11-10-16(20-8-3-4-9-21(20)28)13-22(18)30-24(32)14-23(31)17-6-5-7-19(27)12-17/h3-13H,14-15H2,1-2H3,(H2,29,33)(H,30,32). The van der Waals surface area contributed by atoms with Gasteiger partial charge in [-0.1, -0.05) is 58.4 Å². The number of nitrogens with two attached hydrogens (primary N) is 1. The normalized spacial score (nSPS) is 11.1. The van der Waals surface area contributed by atoms with Crippen LogP contribution in [-0.2, 0) is 16.0 Å². The first-order valence-electron chi connectivity index (χ1n) is 10.5. The van der Waals surface area contributed by atoms with Crippen LogP contribution in [0.4, 0.5) is 14.9 Å². The molecule has 3 aromatic rings. The van der Waals surface area contributed by atoms with Gasteiger partial charge in [-0.05, 0) is 49.2 Å². The summed E-state index contributed by atoms with van der Waals surface area (Å²) < 4.78 is 20.3. The fraction of sp³-hybridized carbons (Fsp3) is 0.192. The lowest BCUT2D eigenvalue weighted by atomic mass is 9.94. The van der Waals surface area contributed by atoms with Crippen molar-refractivity contribution in [3.8, 4) is 11.1 Å². The van der Waals surface area contributed by atoms with E-state index < -0.39 is 23.4 Å². The molecular formula is C26H24BrFN2O4. The highest BCUT2D eigenvalue weighted by atomic mass is 79.9. The Bertz CT molecular complexity index is 1240. The SMILES string of the molecule is CC(C)(Cc1ccc(-c2ccccc2F)cc1NC(=O)CC(=O)c1cccc(Br)c1)OC(N)=O. The number of primary amides is 1. The number of benzene rings is 3. The second-order valence-electron chi connectivity index (χ2n) is 8.37. The molecule has 0 unspecified atom stereocenters. The van der Waals surface area contributed by atoms with Crippen LogP contribution in [0.5, 0.6) is 0 Å². The maximum absolute atomic E-state index is 14.4. The van der Waals surface area contributed by atoms with E-state index in [1.54, 1.807) is 74.5 Å². The fourth-order valence-electron chi connectivity index (χ4n) is 3.58. The molecule has 0 aliphatic heterocycles. The predicted octanol–water partition coefficient (Wildman–Crippen LogP) is 5.88. The molecule has 0 aromatic heterocycles. The number of hydrogen-bond acceptors (Lipinski definition) is 4. The highest BCUT2D eigenvalue weighted by Crippen LogP contribution is 2.30. The van der Waals surface area contributed by atoms with Gasteiger partial charge in [0.05, 0.1) is 6.42 Å².